The molecule has 0 saturated carbocycles. The number of hydrogen-bond acceptors (Lipinski definition) is 2. The molecule has 0 N–H and O–H groups in total. The summed E-state index contributed by atoms with van der Waals surface area (Å²) < 4.78 is 2.33. The first-order valence-corrected chi connectivity index (χ1v) is 6.91. The molecule has 0 bridgehead atoms. The zero-order valence-electron chi connectivity index (χ0n) is 11.9. The monoisotopic (exact) mass is 249 g/mol. The van der Waals surface area contributed by atoms with Crippen LogP contribution in [0.4, 0.5) is 0 Å². The van der Waals surface area contributed by atoms with Gasteiger partial charge in [0.05, 0.1) is 5.69 Å². The molecule has 0 aromatic carbocycles. The SMILES string of the molecule is CCc1nc(C(=O)N(C)C)c2n1C(CC)CCC2. The predicted molar refractivity (Wildman–Crippen MR) is 71.9 cm³/mol. The molecule has 100 valence electrons. The Bertz CT molecular complexity index is 448. The molecule has 0 radical (unpaired) electrons. The van der Waals surface area contributed by atoms with Crippen LogP contribution in [-0.2, 0) is 12.8 Å². The molecule has 18 heavy (non-hydrogen) atoms. The zero-order chi connectivity index (χ0) is 13.3. The van der Waals surface area contributed by atoms with E-state index in [0.29, 0.717) is 11.7 Å². The Kier molecular flexibility index (Phi) is 3.73. The minimum Gasteiger partial charge on any atom is -0.343 e. The van der Waals surface area contributed by atoms with Gasteiger partial charge in [0.1, 0.15) is 11.5 Å². The first-order valence-electron chi connectivity index (χ1n) is 6.91. The maximum absolute atomic E-state index is 12.2. The fourth-order valence-corrected chi connectivity index (χ4v) is 2.84. The van der Waals surface area contributed by atoms with Gasteiger partial charge in [0.15, 0.2) is 0 Å². The largest absolute Gasteiger partial charge is 0.343 e. The molecule has 1 atom stereocenters. The maximum Gasteiger partial charge on any atom is 0.273 e. The van der Waals surface area contributed by atoms with Crippen LogP contribution < -0.4 is 0 Å². The molecular weight excluding hydrogens is 226 g/mol. The third-order valence-corrected chi connectivity index (χ3v) is 3.80. The van der Waals surface area contributed by atoms with Gasteiger partial charge in [0.2, 0.25) is 0 Å². The number of aromatic nitrogens is 2. The van der Waals surface area contributed by atoms with Gasteiger partial charge in [0, 0.05) is 26.6 Å². The second kappa shape index (κ2) is 5.12. The van der Waals surface area contributed by atoms with E-state index in [0.717, 1.165) is 30.8 Å². The number of aryl methyl sites for hydroxylation is 1. The summed E-state index contributed by atoms with van der Waals surface area (Å²) in [7, 11) is 3.58. The van der Waals surface area contributed by atoms with Crippen LogP contribution in [-0.4, -0.2) is 34.5 Å². The lowest BCUT2D eigenvalue weighted by Crippen LogP contribution is -2.25. The molecule has 1 aliphatic rings. The Balaban J connectivity index is 2.51. The molecule has 0 fully saturated rings. The van der Waals surface area contributed by atoms with Crippen LogP contribution in [0.25, 0.3) is 0 Å². The normalized spacial score (nSPS) is 18.6. The first-order chi connectivity index (χ1) is 8.60. The molecule has 1 aromatic heterocycles. The molecule has 0 spiro atoms. The fraction of sp³-hybridized carbons (Fsp3) is 0.714. The summed E-state index contributed by atoms with van der Waals surface area (Å²) >= 11 is 0. The summed E-state index contributed by atoms with van der Waals surface area (Å²) in [4.78, 5) is 18.4. The topological polar surface area (TPSA) is 38.1 Å². The van der Waals surface area contributed by atoms with Crippen LogP contribution in [0.1, 0.15) is 61.2 Å². The van der Waals surface area contributed by atoms with Crippen molar-refractivity contribution in [2.75, 3.05) is 14.1 Å². The van der Waals surface area contributed by atoms with Crippen LogP contribution >= 0.6 is 0 Å². The molecule has 2 rings (SSSR count). The Morgan fingerprint density at radius 2 is 2.17 bits per heavy atom. The smallest absolute Gasteiger partial charge is 0.273 e. The van der Waals surface area contributed by atoms with Gasteiger partial charge in [-0.3, -0.25) is 4.79 Å². The van der Waals surface area contributed by atoms with E-state index in [1.165, 1.54) is 12.8 Å². The van der Waals surface area contributed by atoms with Crippen LogP contribution in [0.15, 0.2) is 0 Å². The minimum absolute atomic E-state index is 0.0372. The van der Waals surface area contributed by atoms with Crippen molar-refractivity contribution in [3.63, 3.8) is 0 Å². The summed E-state index contributed by atoms with van der Waals surface area (Å²) in [5.74, 6) is 1.11. The predicted octanol–water partition coefficient (Wildman–Crippen LogP) is 2.43. The van der Waals surface area contributed by atoms with Crippen molar-refractivity contribution in [2.45, 2.75) is 52.0 Å². The van der Waals surface area contributed by atoms with Gasteiger partial charge in [-0.1, -0.05) is 13.8 Å². The first kappa shape index (κ1) is 13.1. The zero-order valence-corrected chi connectivity index (χ0v) is 11.9. The highest BCUT2D eigenvalue weighted by atomic mass is 16.2. The number of carbonyl (C=O) groups is 1. The van der Waals surface area contributed by atoms with Crippen molar-refractivity contribution in [2.24, 2.45) is 0 Å². The number of fused-ring (bicyclic) bond motifs is 1. The Morgan fingerprint density at radius 1 is 1.44 bits per heavy atom. The highest BCUT2D eigenvalue weighted by Gasteiger charge is 2.28. The highest BCUT2D eigenvalue weighted by Crippen LogP contribution is 2.31. The van der Waals surface area contributed by atoms with Crippen LogP contribution in [0.2, 0.25) is 0 Å². The van der Waals surface area contributed by atoms with Gasteiger partial charge in [-0.15, -0.1) is 0 Å². The molecule has 1 unspecified atom stereocenters. The van der Waals surface area contributed by atoms with E-state index in [1.54, 1.807) is 19.0 Å². The number of nitrogens with zero attached hydrogens (tertiary/aromatic N) is 3. The van der Waals surface area contributed by atoms with Crippen molar-refractivity contribution >= 4 is 5.91 Å². The van der Waals surface area contributed by atoms with E-state index in [2.05, 4.69) is 23.4 Å². The molecule has 4 heteroatoms. The standard InChI is InChI=1S/C14H23N3O/c1-5-10-8-7-9-11-13(14(18)16(3)4)15-12(6-2)17(10)11/h10H,5-9H2,1-4H3. The summed E-state index contributed by atoms with van der Waals surface area (Å²) in [6.45, 7) is 4.33. The van der Waals surface area contributed by atoms with E-state index in [4.69, 9.17) is 0 Å². The average molecular weight is 249 g/mol. The third kappa shape index (κ3) is 2.04. The quantitative estimate of drug-likeness (QED) is 0.825. The van der Waals surface area contributed by atoms with Crippen LogP contribution in [0, 0.1) is 0 Å². The number of rotatable bonds is 3. The lowest BCUT2D eigenvalue weighted by Gasteiger charge is -2.26. The van der Waals surface area contributed by atoms with Crippen molar-refractivity contribution < 1.29 is 4.79 Å². The summed E-state index contributed by atoms with van der Waals surface area (Å²) in [5.41, 5.74) is 1.83. The van der Waals surface area contributed by atoms with Gasteiger partial charge >= 0.3 is 0 Å². The Labute approximate surface area is 109 Å². The summed E-state index contributed by atoms with van der Waals surface area (Å²) in [6.07, 6.45) is 5.37. The van der Waals surface area contributed by atoms with E-state index >= 15 is 0 Å². The van der Waals surface area contributed by atoms with Gasteiger partial charge < -0.3 is 9.47 Å². The number of amides is 1. The third-order valence-electron chi connectivity index (χ3n) is 3.80. The second-order valence-electron chi connectivity index (χ2n) is 5.20. The fourth-order valence-electron chi connectivity index (χ4n) is 2.84. The molecule has 0 aliphatic carbocycles. The van der Waals surface area contributed by atoms with Gasteiger partial charge in [-0.2, -0.15) is 0 Å². The van der Waals surface area contributed by atoms with E-state index < -0.39 is 0 Å². The number of hydrogen-bond donors (Lipinski definition) is 0. The van der Waals surface area contributed by atoms with Gasteiger partial charge in [-0.25, -0.2) is 4.98 Å². The van der Waals surface area contributed by atoms with Crippen molar-refractivity contribution in [1.82, 2.24) is 14.5 Å². The van der Waals surface area contributed by atoms with Crippen molar-refractivity contribution in [1.29, 1.82) is 0 Å². The summed E-state index contributed by atoms with van der Waals surface area (Å²) in [5, 5.41) is 0. The lowest BCUT2D eigenvalue weighted by molar-refractivity contribution is 0.0820. The Hall–Kier alpha value is -1.32. The van der Waals surface area contributed by atoms with Crippen LogP contribution in [0.5, 0.6) is 0 Å². The number of carbonyl (C=O) groups excluding carboxylic acids is 1. The molecule has 1 aliphatic heterocycles. The highest BCUT2D eigenvalue weighted by molar-refractivity contribution is 5.93. The van der Waals surface area contributed by atoms with E-state index in [1.807, 2.05) is 0 Å². The van der Waals surface area contributed by atoms with Crippen LogP contribution in [0.3, 0.4) is 0 Å². The van der Waals surface area contributed by atoms with Crippen molar-refractivity contribution in [3.05, 3.63) is 17.2 Å². The lowest BCUT2D eigenvalue weighted by atomic mass is 9.99. The van der Waals surface area contributed by atoms with E-state index in [9.17, 15) is 4.79 Å². The Morgan fingerprint density at radius 3 is 2.72 bits per heavy atom. The molecule has 1 amide bonds. The average Bonchev–Trinajstić information content (AvgIpc) is 2.76. The molecule has 4 nitrogen and oxygen atoms in total. The summed E-state index contributed by atoms with van der Waals surface area (Å²) in [6, 6.07) is 0.528. The van der Waals surface area contributed by atoms with Crippen molar-refractivity contribution in [3.8, 4) is 0 Å². The molecule has 2 heterocycles. The maximum atomic E-state index is 12.2. The molecule has 1 aromatic rings. The molecular formula is C14H23N3O. The number of imidazole rings is 1. The minimum atomic E-state index is 0.0372. The van der Waals surface area contributed by atoms with Gasteiger partial charge in [0.25, 0.3) is 5.91 Å². The van der Waals surface area contributed by atoms with E-state index in [-0.39, 0.29) is 5.91 Å². The van der Waals surface area contributed by atoms with Gasteiger partial charge in [-0.05, 0) is 25.7 Å². The molecule has 0 saturated heterocycles. The second-order valence-corrected chi connectivity index (χ2v) is 5.20.